The first-order valence-corrected chi connectivity index (χ1v) is 6.26. The van der Waals surface area contributed by atoms with E-state index in [1.54, 1.807) is 0 Å². The lowest BCUT2D eigenvalue weighted by molar-refractivity contribution is 0.00465. The highest BCUT2D eigenvalue weighted by Crippen LogP contribution is 2.11. The van der Waals surface area contributed by atoms with E-state index in [0.29, 0.717) is 6.04 Å². The third-order valence-electron chi connectivity index (χ3n) is 3.22. The van der Waals surface area contributed by atoms with E-state index in [9.17, 15) is 10.2 Å². The van der Waals surface area contributed by atoms with Gasteiger partial charge in [-0.05, 0) is 20.3 Å². The Hall–Kier alpha value is -0.160. The summed E-state index contributed by atoms with van der Waals surface area (Å²) in [5.74, 6) is 0. The highest BCUT2D eigenvalue weighted by molar-refractivity contribution is 4.80. The van der Waals surface area contributed by atoms with E-state index in [4.69, 9.17) is 0 Å². The molecule has 96 valence electrons. The molecule has 0 aromatic rings. The zero-order chi connectivity index (χ0) is 12.2. The Morgan fingerprint density at radius 1 is 1.19 bits per heavy atom. The fourth-order valence-electron chi connectivity index (χ4n) is 2.34. The number of aliphatic hydroxyl groups is 2. The van der Waals surface area contributed by atoms with Crippen LogP contribution in [0.15, 0.2) is 0 Å². The fourth-order valence-corrected chi connectivity index (χ4v) is 2.34. The third-order valence-corrected chi connectivity index (χ3v) is 3.22. The van der Waals surface area contributed by atoms with Crippen molar-refractivity contribution in [2.24, 2.45) is 0 Å². The highest BCUT2D eigenvalue weighted by Gasteiger charge is 2.25. The molecular weight excluding hydrogens is 204 g/mol. The molecule has 1 atom stereocenters. The zero-order valence-corrected chi connectivity index (χ0v) is 10.8. The molecule has 4 heteroatoms. The van der Waals surface area contributed by atoms with Gasteiger partial charge >= 0.3 is 0 Å². The molecule has 1 aliphatic heterocycles. The minimum Gasteiger partial charge on any atom is -0.395 e. The maximum Gasteiger partial charge on any atom is 0.0718 e. The third kappa shape index (κ3) is 4.37. The zero-order valence-electron chi connectivity index (χ0n) is 10.8. The summed E-state index contributed by atoms with van der Waals surface area (Å²) < 4.78 is 0. The van der Waals surface area contributed by atoms with E-state index in [0.717, 1.165) is 39.1 Å². The summed E-state index contributed by atoms with van der Waals surface area (Å²) in [5.41, 5.74) is -0.608. The van der Waals surface area contributed by atoms with Crippen molar-refractivity contribution in [2.75, 3.05) is 39.3 Å². The molecule has 1 unspecified atom stereocenters. The van der Waals surface area contributed by atoms with Crippen LogP contribution >= 0.6 is 0 Å². The lowest BCUT2D eigenvalue weighted by Gasteiger charge is -2.40. The standard InChI is InChI=1S/C12H26N2O2/c1-4-11(9-15)14-7-5-13(6-8-14)10-12(2,3)16/h11,15-16H,4-10H2,1-3H3. The molecule has 1 aliphatic rings. The summed E-state index contributed by atoms with van der Waals surface area (Å²) in [6, 6.07) is 0.310. The Balaban J connectivity index is 2.33. The van der Waals surface area contributed by atoms with Crippen LogP contribution in [0.4, 0.5) is 0 Å². The van der Waals surface area contributed by atoms with Crippen molar-refractivity contribution in [3.63, 3.8) is 0 Å². The molecule has 16 heavy (non-hydrogen) atoms. The maximum absolute atomic E-state index is 9.74. The fraction of sp³-hybridized carbons (Fsp3) is 1.00. The molecule has 0 aromatic heterocycles. The lowest BCUT2D eigenvalue weighted by atomic mass is 10.1. The SMILES string of the molecule is CCC(CO)N1CCN(CC(C)(C)O)CC1. The van der Waals surface area contributed by atoms with Crippen LogP contribution in [0.1, 0.15) is 27.2 Å². The number of nitrogens with zero attached hydrogens (tertiary/aromatic N) is 2. The normalized spacial score (nSPS) is 22.3. The van der Waals surface area contributed by atoms with Gasteiger partial charge in [-0.1, -0.05) is 6.92 Å². The molecule has 0 saturated carbocycles. The molecule has 1 heterocycles. The van der Waals surface area contributed by atoms with Gasteiger partial charge in [0.15, 0.2) is 0 Å². The van der Waals surface area contributed by atoms with E-state index < -0.39 is 5.60 Å². The first-order valence-electron chi connectivity index (χ1n) is 6.26. The monoisotopic (exact) mass is 230 g/mol. The molecule has 0 bridgehead atoms. The number of piperazine rings is 1. The Labute approximate surface area is 98.9 Å². The van der Waals surface area contributed by atoms with Crippen LogP contribution < -0.4 is 0 Å². The average Bonchev–Trinajstić information content (AvgIpc) is 2.20. The molecule has 0 radical (unpaired) electrons. The van der Waals surface area contributed by atoms with Gasteiger partial charge in [-0.3, -0.25) is 9.80 Å². The van der Waals surface area contributed by atoms with E-state index in [2.05, 4.69) is 16.7 Å². The van der Waals surface area contributed by atoms with Gasteiger partial charge in [-0.15, -0.1) is 0 Å². The highest BCUT2D eigenvalue weighted by atomic mass is 16.3. The summed E-state index contributed by atoms with van der Waals surface area (Å²) in [5, 5.41) is 19.0. The number of aliphatic hydroxyl groups excluding tert-OH is 1. The Kier molecular flexibility index (Phi) is 5.18. The van der Waals surface area contributed by atoms with Crippen molar-refractivity contribution in [1.82, 2.24) is 9.80 Å². The Bertz CT molecular complexity index is 192. The van der Waals surface area contributed by atoms with Crippen molar-refractivity contribution >= 4 is 0 Å². The van der Waals surface area contributed by atoms with Gasteiger partial charge in [0.25, 0.3) is 0 Å². The van der Waals surface area contributed by atoms with E-state index in [-0.39, 0.29) is 6.61 Å². The number of β-amino-alcohol motifs (C(OH)–C–C–N with tert-alkyl or cyclic N) is 1. The van der Waals surface area contributed by atoms with Crippen molar-refractivity contribution in [3.8, 4) is 0 Å². The van der Waals surface area contributed by atoms with Crippen LogP contribution in [-0.4, -0.2) is 71.0 Å². The number of hydrogen-bond donors (Lipinski definition) is 2. The summed E-state index contributed by atoms with van der Waals surface area (Å²) in [4.78, 5) is 4.64. The van der Waals surface area contributed by atoms with Gasteiger partial charge in [-0.2, -0.15) is 0 Å². The smallest absolute Gasteiger partial charge is 0.0718 e. The molecule has 2 N–H and O–H groups in total. The van der Waals surface area contributed by atoms with Crippen molar-refractivity contribution in [1.29, 1.82) is 0 Å². The topological polar surface area (TPSA) is 46.9 Å². The molecule has 1 fully saturated rings. The molecule has 1 rings (SSSR count). The number of hydrogen-bond acceptors (Lipinski definition) is 4. The molecule has 4 nitrogen and oxygen atoms in total. The van der Waals surface area contributed by atoms with Crippen LogP contribution in [0.3, 0.4) is 0 Å². The maximum atomic E-state index is 9.74. The van der Waals surface area contributed by atoms with Crippen LogP contribution in [-0.2, 0) is 0 Å². The second-order valence-electron chi connectivity index (χ2n) is 5.37. The average molecular weight is 230 g/mol. The predicted octanol–water partition coefficient (Wildman–Crippen LogP) is 0.146. The van der Waals surface area contributed by atoms with E-state index >= 15 is 0 Å². The Morgan fingerprint density at radius 3 is 2.12 bits per heavy atom. The first-order chi connectivity index (χ1) is 7.46. The van der Waals surface area contributed by atoms with E-state index in [1.807, 2.05) is 13.8 Å². The van der Waals surface area contributed by atoms with Crippen LogP contribution in [0.25, 0.3) is 0 Å². The van der Waals surface area contributed by atoms with Crippen molar-refractivity contribution < 1.29 is 10.2 Å². The molecule has 0 spiro atoms. The van der Waals surface area contributed by atoms with Crippen LogP contribution in [0, 0.1) is 0 Å². The lowest BCUT2D eigenvalue weighted by Crippen LogP contribution is -2.53. The van der Waals surface area contributed by atoms with Gasteiger partial charge in [0.1, 0.15) is 0 Å². The van der Waals surface area contributed by atoms with Crippen LogP contribution in [0.5, 0.6) is 0 Å². The van der Waals surface area contributed by atoms with Gasteiger partial charge in [-0.25, -0.2) is 0 Å². The van der Waals surface area contributed by atoms with Gasteiger partial charge < -0.3 is 10.2 Å². The molecule has 0 aromatic carbocycles. The molecule has 0 aliphatic carbocycles. The Morgan fingerprint density at radius 2 is 1.75 bits per heavy atom. The molecule has 0 amide bonds. The largest absolute Gasteiger partial charge is 0.395 e. The minimum atomic E-state index is -0.608. The summed E-state index contributed by atoms with van der Waals surface area (Å²) in [6.45, 7) is 10.8. The summed E-state index contributed by atoms with van der Waals surface area (Å²) in [6.07, 6.45) is 1.00. The van der Waals surface area contributed by atoms with Gasteiger partial charge in [0.05, 0.1) is 12.2 Å². The summed E-state index contributed by atoms with van der Waals surface area (Å²) in [7, 11) is 0. The van der Waals surface area contributed by atoms with Crippen LogP contribution in [0.2, 0.25) is 0 Å². The van der Waals surface area contributed by atoms with Gasteiger partial charge in [0, 0.05) is 38.8 Å². The minimum absolute atomic E-state index is 0.252. The second kappa shape index (κ2) is 5.96. The second-order valence-corrected chi connectivity index (χ2v) is 5.37. The predicted molar refractivity (Wildman–Crippen MR) is 65.5 cm³/mol. The molecule has 1 saturated heterocycles. The summed E-state index contributed by atoms with van der Waals surface area (Å²) >= 11 is 0. The quantitative estimate of drug-likeness (QED) is 0.705. The van der Waals surface area contributed by atoms with Gasteiger partial charge in [0.2, 0.25) is 0 Å². The first kappa shape index (κ1) is 13.9. The van der Waals surface area contributed by atoms with E-state index in [1.165, 1.54) is 0 Å². The number of rotatable bonds is 5. The van der Waals surface area contributed by atoms with Crippen molar-refractivity contribution in [2.45, 2.75) is 38.8 Å². The molecular formula is C12H26N2O2. The van der Waals surface area contributed by atoms with Crippen molar-refractivity contribution in [3.05, 3.63) is 0 Å².